The number of esters is 1. The van der Waals surface area contributed by atoms with Gasteiger partial charge in [0.25, 0.3) is 5.91 Å². The molecular formula is C36H53N11O18. The van der Waals surface area contributed by atoms with Gasteiger partial charge in [-0.2, -0.15) is 0 Å². The number of carbonyl (C=O) groups is 10. The number of hydrogen-bond acceptors (Lipinski definition) is 18. The third kappa shape index (κ3) is 18.1. The molecule has 0 bridgehead atoms. The van der Waals surface area contributed by atoms with Crippen LogP contribution in [0.1, 0.15) is 48.9 Å². The van der Waals surface area contributed by atoms with Crippen LogP contribution in [0.3, 0.4) is 0 Å². The van der Waals surface area contributed by atoms with Crippen LogP contribution in [-0.4, -0.2) is 182 Å². The highest BCUT2D eigenvalue weighted by atomic mass is 16.5. The number of nitrogens with zero attached hydrogens (tertiary/aromatic N) is 1. The molecule has 0 aliphatic carbocycles. The lowest BCUT2D eigenvalue weighted by Gasteiger charge is -2.25. The van der Waals surface area contributed by atoms with Crippen molar-refractivity contribution in [3.8, 4) is 11.5 Å². The summed E-state index contributed by atoms with van der Waals surface area (Å²) in [5.74, 6) is -15.5. The van der Waals surface area contributed by atoms with E-state index < -0.39 is 145 Å². The monoisotopic (exact) mass is 927 g/mol. The summed E-state index contributed by atoms with van der Waals surface area (Å²) < 4.78 is 4.97. The number of phenolic OH excluding ortho intramolecular Hbond substituents is 2. The zero-order valence-electron chi connectivity index (χ0n) is 34.4. The first-order chi connectivity index (χ1) is 30.5. The van der Waals surface area contributed by atoms with Gasteiger partial charge in [0.15, 0.2) is 35.7 Å². The van der Waals surface area contributed by atoms with Gasteiger partial charge in [-0.25, -0.2) is 14.4 Å². The number of para-hydroxylation sites is 1. The average Bonchev–Trinajstić information content (AvgIpc) is 3.24. The van der Waals surface area contributed by atoms with Crippen LogP contribution in [0.5, 0.6) is 11.5 Å². The van der Waals surface area contributed by atoms with Gasteiger partial charge in [0, 0.05) is 19.1 Å². The summed E-state index contributed by atoms with van der Waals surface area (Å²) in [6.07, 6.45) is -7.28. The molecule has 1 aliphatic heterocycles. The Balaban J connectivity index is 2.28. The Hall–Kier alpha value is -7.37. The third-order valence-electron chi connectivity index (χ3n) is 9.17. The van der Waals surface area contributed by atoms with Crippen LogP contribution in [0, 0.1) is 0 Å². The number of nitrogens with two attached hydrogens (primary N) is 3. The Kier molecular flexibility index (Phi) is 21.8. The molecule has 0 saturated carbocycles. The first kappa shape index (κ1) is 53.8. The lowest BCUT2D eigenvalue weighted by Crippen LogP contribution is -2.60. The summed E-state index contributed by atoms with van der Waals surface area (Å²) in [4.78, 5) is 131. The molecule has 1 saturated heterocycles. The molecule has 0 aromatic heterocycles. The average molecular weight is 928 g/mol. The van der Waals surface area contributed by atoms with Crippen molar-refractivity contribution < 1.29 is 88.4 Å². The zero-order chi connectivity index (χ0) is 49.0. The van der Waals surface area contributed by atoms with Crippen LogP contribution < -0.4 is 54.4 Å². The smallest absolute Gasteiger partial charge is 0.335 e. The molecule has 1 fully saturated rings. The van der Waals surface area contributed by atoms with Crippen molar-refractivity contribution in [3.05, 3.63) is 23.8 Å². The number of aromatic hydroxyl groups is 2. The number of phenols is 2. The van der Waals surface area contributed by atoms with Crippen LogP contribution in [-0.2, 0) is 47.9 Å². The van der Waals surface area contributed by atoms with Crippen LogP contribution in [0.15, 0.2) is 23.2 Å². The molecule has 29 nitrogen and oxygen atoms in total. The fraction of sp³-hybridized carbons (Fsp3) is 0.528. The van der Waals surface area contributed by atoms with E-state index in [1.54, 1.807) is 5.32 Å². The minimum Gasteiger partial charge on any atom is -0.504 e. The van der Waals surface area contributed by atoms with E-state index >= 15 is 0 Å². The lowest BCUT2D eigenvalue weighted by molar-refractivity contribution is -0.161. The fourth-order valence-corrected chi connectivity index (χ4v) is 5.65. The molecule has 1 heterocycles. The molecule has 1 aromatic rings. The normalized spacial score (nSPS) is 21.0. The van der Waals surface area contributed by atoms with E-state index in [9.17, 15) is 83.7 Å². The second-order valence-electron chi connectivity index (χ2n) is 14.2. The topological polar surface area (TPSA) is 496 Å². The molecule has 7 amide bonds. The van der Waals surface area contributed by atoms with Crippen LogP contribution in [0.25, 0.3) is 0 Å². The number of aliphatic hydroxyl groups is 3. The van der Waals surface area contributed by atoms with E-state index in [0.29, 0.717) is 12.8 Å². The second-order valence-corrected chi connectivity index (χ2v) is 14.2. The minimum absolute atomic E-state index is 0.0225. The maximum atomic E-state index is 13.4. The van der Waals surface area contributed by atoms with Crippen molar-refractivity contribution in [2.75, 3.05) is 32.8 Å². The molecule has 1 unspecified atom stereocenters. The number of hydrogen-bond donors (Lipinski definition) is 17. The SMILES string of the molecule is NC(N)=NCCC[C@@H]1NC(=O)CNC(=O)C(NC(=O)C[C@H](O)[C@H](N)CCCCNC(=O)c2cccc(O)c2O)COC(=O)[C@H]([C@H](O)C(=O)O)NC(=O)CNC(=O)[C@H]([C@H](O)C(=O)O)NC1=O. The van der Waals surface area contributed by atoms with E-state index in [2.05, 4.69) is 26.3 Å². The van der Waals surface area contributed by atoms with Crippen molar-refractivity contribution in [3.63, 3.8) is 0 Å². The summed E-state index contributed by atoms with van der Waals surface area (Å²) in [6.45, 7) is -3.33. The highest BCUT2D eigenvalue weighted by molar-refractivity contribution is 5.99. The van der Waals surface area contributed by atoms with Gasteiger partial charge < -0.3 is 94.9 Å². The first-order valence-corrected chi connectivity index (χ1v) is 19.5. The third-order valence-corrected chi connectivity index (χ3v) is 9.17. The van der Waals surface area contributed by atoms with Gasteiger partial charge in [0.1, 0.15) is 24.7 Å². The fourth-order valence-electron chi connectivity index (χ4n) is 5.65. The molecule has 65 heavy (non-hydrogen) atoms. The van der Waals surface area contributed by atoms with Crippen LogP contribution in [0.2, 0.25) is 0 Å². The number of aliphatic hydroxyl groups excluding tert-OH is 3. The van der Waals surface area contributed by atoms with Gasteiger partial charge in [-0.05, 0) is 37.8 Å². The molecular weight excluding hydrogens is 874 g/mol. The number of cyclic esters (lactones) is 1. The number of rotatable bonds is 18. The summed E-state index contributed by atoms with van der Waals surface area (Å²) in [6, 6.07) is -5.58. The quantitative estimate of drug-likeness (QED) is 0.0214. The van der Waals surface area contributed by atoms with Gasteiger partial charge in [0.2, 0.25) is 35.4 Å². The number of nitrogens with one attached hydrogen (secondary N) is 7. The zero-order valence-corrected chi connectivity index (χ0v) is 34.4. The Labute approximate surface area is 367 Å². The predicted octanol–water partition coefficient (Wildman–Crippen LogP) is -8.25. The minimum atomic E-state index is -2.73. The van der Waals surface area contributed by atoms with Gasteiger partial charge in [-0.3, -0.25) is 38.6 Å². The number of ether oxygens (including phenoxy) is 1. The lowest BCUT2D eigenvalue weighted by atomic mass is 10.0. The Morgan fingerprint density at radius 1 is 0.815 bits per heavy atom. The number of carbonyl (C=O) groups excluding carboxylic acids is 8. The molecule has 0 spiro atoms. The van der Waals surface area contributed by atoms with E-state index in [1.807, 2.05) is 10.6 Å². The Morgan fingerprint density at radius 2 is 1.43 bits per heavy atom. The molecule has 360 valence electrons. The van der Waals surface area contributed by atoms with E-state index in [4.69, 9.17) is 21.9 Å². The number of aliphatic carboxylic acids is 2. The summed E-state index contributed by atoms with van der Waals surface area (Å²) in [7, 11) is 0. The van der Waals surface area contributed by atoms with Crippen molar-refractivity contribution in [2.45, 2.75) is 87.0 Å². The molecule has 1 aliphatic rings. The molecule has 8 atom stereocenters. The second kappa shape index (κ2) is 26.3. The molecule has 29 heteroatoms. The molecule has 0 radical (unpaired) electrons. The van der Waals surface area contributed by atoms with Gasteiger partial charge in [-0.1, -0.05) is 12.5 Å². The first-order valence-electron chi connectivity index (χ1n) is 19.5. The van der Waals surface area contributed by atoms with Gasteiger partial charge in [-0.15, -0.1) is 0 Å². The Morgan fingerprint density at radius 3 is 2.06 bits per heavy atom. The number of aliphatic imine (C=N–C) groups is 1. The summed E-state index contributed by atoms with van der Waals surface area (Å²) in [5, 5.41) is 83.9. The predicted molar refractivity (Wildman–Crippen MR) is 216 cm³/mol. The van der Waals surface area contributed by atoms with E-state index in [1.165, 1.54) is 18.2 Å². The number of unbranched alkanes of at least 4 members (excludes halogenated alkanes) is 1. The highest BCUT2D eigenvalue weighted by Gasteiger charge is 2.38. The van der Waals surface area contributed by atoms with Crippen molar-refractivity contribution in [2.24, 2.45) is 22.2 Å². The van der Waals surface area contributed by atoms with Crippen molar-refractivity contribution in [1.29, 1.82) is 0 Å². The standard InChI is InChI=1S/C36H53N11O18/c37-16(6-1-2-9-40-29(56)15-5-3-8-19(48)26(15)53)20(49)11-21(50)45-18-14-65-35(64)25(28(55)34(62)63)46-23(52)13-43-32(59)24(27(54)33(60)61)47-31(58)17(7-4-10-41-36(38)39)44-22(51)12-42-30(18)57/h3,5,8,16-18,20,24-25,27-28,48-49,53-55H,1-2,4,6-7,9-14,37H2,(H,40,56)(H,42,57)(H,43,59)(H,44,51)(H,45,50)(H,46,52)(H,47,58)(H,60,61)(H,62,63)(H4,38,39,41)/t16-,17+,18?,20+,24+,25+,27+,28+/m1/s1. The molecule has 1 aromatic carbocycles. The van der Waals surface area contributed by atoms with E-state index in [0.717, 1.165) is 0 Å². The van der Waals surface area contributed by atoms with Crippen LogP contribution in [0.4, 0.5) is 0 Å². The number of carboxylic acids is 2. The maximum Gasteiger partial charge on any atom is 0.335 e. The molecule has 20 N–H and O–H groups in total. The number of carboxylic acid groups (broad SMARTS) is 2. The highest BCUT2D eigenvalue weighted by Crippen LogP contribution is 2.28. The maximum absolute atomic E-state index is 13.4. The summed E-state index contributed by atoms with van der Waals surface area (Å²) in [5.41, 5.74) is 16.5. The van der Waals surface area contributed by atoms with Crippen molar-refractivity contribution in [1.82, 2.24) is 37.2 Å². The van der Waals surface area contributed by atoms with E-state index in [-0.39, 0.29) is 43.9 Å². The molecule has 2 rings (SSSR count). The largest absolute Gasteiger partial charge is 0.504 e. The van der Waals surface area contributed by atoms with Gasteiger partial charge in [0.05, 0.1) is 31.2 Å². The summed E-state index contributed by atoms with van der Waals surface area (Å²) >= 11 is 0. The number of amides is 7. The van der Waals surface area contributed by atoms with Crippen molar-refractivity contribution >= 4 is 65.2 Å². The Bertz CT molecular complexity index is 1950. The van der Waals surface area contributed by atoms with Gasteiger partial charge >= 0.3 is 17.9 Å². The van der Waals surface area contributed by atoms with Crippen LogP contribution >= 0.6 is 0 Å². The number of benzene rings is 1. The number of guanidine groups is 1.